The number of benzene rings is 3. The molecule has 0 saturated heterocycles. The number of hydrogen-bond donors (Lipinski definition) is 0. The molecule has 0 spiro atoms. The molecule has 4 nitrogen and oxygen atoms in total. The number of rotatable bonds is 8. The Balaban J connectivity index is 1.48. The van der Waals surface area contributed by atoms with Crippen LogP contribution >= 0.6 is 0 Å². The fraction of sp³-hybridized carbons (Fsp3) is 0.250. The van der Waals surface area contributed by atoms with Crippen LogP contribution in [0.5, 0.6) is 0 Å². The molecule has 2 atom stereocenters. The minimum absolute atomic E-state index is 0.0249. The topological polar surface area (TPSA) is 39.9 Å². The van der Waals surface area contributed by atoms with E-state index in [0.717, 1.165) is 12.8 Å². The van der Waals surface area contributed by atoms with Gasteiger partial charge in [0, 0.05) is 0 Å². The molecular formula is C24H25N3O. The second kappa shape index (κ2) is 8.81. The van der Waals surface area contributed by atoms with Crippen LogP contribution in [-0.2, 0) is 17.8 Å². The highest BCUT2D eigenvalue weighted by atomic mass is 16.5. The molecule has 1 heterocycles. The standard InChI is InChI=1S/C24H25N3O/c1-19(28-16-20-8-3-2-4-9-20)24(27-18-25-17-26-27)15-14-22-12-7-11-21-10-5-6-13-23(21)22/h2-13,17-19,24H,14-16H2,1H3/t19-,24+/m0/s1. The lowest BCUT2D eigenvalue weighted by atomic mass is 9.97. The minimum Gasteiger partial charge on any atom is -0.372 e. The lowest BCUT2D eigenvalue weighted by Crippen LogP contribution is -2.25. The molecule has 0 aliphatic carbocycles. The lowest BCUT2D eigenvalue weighted by Gasteiger charge is -2.25. The molecule has 0 amide bonds. The van der Waals surface area contributed by atoms with Gasteiger partial charge in [0.2, 0.25) is 0 Å². The largest absolute Gasteiger partial charge is 0.372 e. The summed E-state index contributed by atoms with van der Waals surface area (Å²) in [6.07, 6.45) is 5.31. The average molecular weight is 371 g/mol. The van der Waals surface area contributed by atoms with Gasteiger partial charge >= 0.3 is 0 Å². The highest BCUT2D eigenvalue weighted by molar-refractivity contribution is 5.85. The molecule has 0 aliphatic rings. The normalized spacial score (nSPS) is 13.5. The zero-order valence-corrected chi connectivity index (χ0v) is 16.1. The van der Waals surface area contributed by atoms with Gasteiger partial charge in [-0.3, -0.25) is 0 Å². The van der Waals surface area contributed by atoms with E-state index in [1.165, 1.54) is 21.9 Å². The molecule has 0 aliphatic heterocycles. The quantitative estimate of drug-likeness (QED) is 0.427. The molecule has 142 valence electrons. The number of nitrogens with zero attached hydrogens (tertiary/aromatic N) is 3. The van der Waals surface area contributed by atoms with Gasteiger partial charge in [-0.05, 0) is 41.7 Å². The van der Waals surface area contributed by atoms with Crippen molar-refractivity contribution < 1.29 is 4.74 Å². The van der Waals surface area contributed by atoms with Gasteiger partial charge in [0.25, 0.3) is 0 Å². The molecule has 4 rings (SSSR count). The summed E-state index contributed by atoms with van der Waals surface area (Å²) in [6, 6.07) is 25.5. The summed E-state index contributed by atoms with van der Waals surface area (Å²) in [5.41, 5.74) is 2.54. The Morgan fingerprint density at radius 1 is 0.929 bits per heavy atom. The fourth-order valence-corrected chi connectivity index (χ4v) is 3.70. The monoisotopic (exact) mass is 371 g/mol. The van der Waals surface area contributed by atoms with E-state index in [1.54, 1.807) is 12.7 Å². The van der Waals surface area contributed by atoms with E-state index >= 15 is 0 Å². The van der Waals surface area contributed by atoms with Gasteiger partial charge in [-0.15, -0.1) is 0 Å². The molecule has 3 aromatic carbocycles. The maximum absolute atomic E-state index is 6.20. The van der Waals surface area contributed by atoms with Crippen LogP contribution in [0.1, 0.15) is 30.5 Å². The van der Waals surface area contributed by atoms with E-state index < -0.39 is 0 Å². The summed E-state index contributed by atoms with van der Waals surface area (Å²) in [5, 5.41) is 7.00. The molecule has 0 saturated carbocycles. The van der Waals surface area contributed by atoms with Gasteiger partial charge in [0.15, 0.2) is 0 Å². The summed E-state index contributed by atoms with van der Waals surface area (Å²) in [6.45, 7) is 2.72. The fourth-order valence-electron chi connectivity index (χ4n) is 3.70. The molecule has 0 unspecified atom stereocenters. The molecule has 0 fully saturated rings. The SMILES string of the molecule is C[C@H](OCc1ccccc1)[C@@H](CCc1cccc2ccccc12)n1cncn1. The second-order valence-electron chi connectivity index (χ2n) is 7.12. The highest BCUT2D eigenvalue weighted by Crippen LogP contribution is 2.25. The van der Waals surface area contributed by atoms with Crippen molar-refractivity contribution in [2.75, 3.05) is 0 Å². The van der Waals surface area contributed by atoms with E-state index in [9.17, 15) is 0 Å². The van der Waals surface area contributed by atoms with Crippen molar-refractivity contribution in [3.63, 3.8) is 0 Å². The Labute approximate surface area is 165 Å². The predicted octanol–water partition coefficient (Wildman–Crippen LogP) is 5.21. The van der Waals surface area contributed by atoms with Crippen LogP contribution in [-0.4, -0.2) is 20.9 Å². The van der Waals surface area contributed by atoms with E-state index in [0.29, 0.717) is 6.61 Å². The third-order valence-corrected chi connectivity index (χ3v) is 5.26. The predicted molar refractivity (Wildman–Crippen MR) is 112 cm³/mol. The average Bonchev–Trinajstić information content (AvgIpc) is 3.28. The van der Waals surface area contributed by atoms with E-state index in [4.69, 9.17) is 4.74 Å². The van der Waals surface area contributed by atoms with Crippen molar-refractivity contribution in [3.05, 3.63) is 96.6 Å². The molecule has 4 aromatic rings. The van der Waals surface area contributed by atoms with Gasteiger partial charge in [-0.1, -0.05) is 72.8 Å². The number of hydrogen-bond acceptors (Lipinski definition) is 3. The van der Waals surface area contributed by atoms with E-state index in [2.05, 4.69) is 71.6 Å². The third-order valence-electron chi connectivity index (χ3n) is 5.26. The number of aryl methyl sites for hydroxylation is 1. The van der Waals surface area contributed by atoms with Crippen molar-refractivity contribution in [3.8, 4) is 0 Å². The zero-order chi connectivity index (χ0) is 19.2. The van der Waals surface area contributed by atoms with Crippen molar-refractivity contribution in [2.24, 2.45) is 0 Å². The molecule has 0 N–H and O–H groups in total. The third kappa shape index (κ3) is 4.29. The number of fused-ring (bicyclic) bond motifs is 1. The first-order valence-corrected chi connectivity index (χ1v) is 9.77. The van der Waals surface area contributed by atoms with Gasteiger partial charge < -0.3 is 4.74 Å². The molecule has 1 aromatic heterocycles. The second-order valence-corrected chi connectivity index (χ2v) is 7.12. The summed E-state index contributed by atoms with van der Waals surface area (Å²) in [4.78, 5) is 4.14. The summed E-state index contributed by atoms with van der Waals surface area (Å²) < 4.78 is 8.13. The van der Waals surface area contributed by atoms with E-state index in [1.807, 2.05) is 22.9 Å². The highest BCUT2D eigenvalue weighted by Gasteiger charge is 2.21. The van der Waals surface area contributed by atoms with Crippen LogP contribution in [0, 0.1) is 0 Å². The first kappa shape index (κ1) is 18.4. The van der Waals surface area contributed by atoms with Crippen LogP contribution in [0.3, 0.4) is 0 Å². The molecule has 0 radical (unpaired) electrons. The maximum atomic E-state index is 6.20. The first-order chi connectivity index (χ1) is 13.8. The van der Waals surface area contributed by atoms with Crippen molar-refractivity contribution in [2.45, 2.75) is 38.5 Å². The van der Waals surface area contributed by atoms with Crippen LogP contribution in [0.2, 0.25) is 0 Å². The van der Waals surface area contributed by atoms with E-state index in [-0.39, 0.29) is 12.1 Å². The van der Waals surface area contributed by atoms with Crippen molar-refractivity contribution >= 4 is 10.8 Å². The van der Waals surface area contributed by atoms with Gasteiger partial charge in [-0.25, -0.2) is 9.67 Å². The molecule has 0 bridgehead atoms. The summed E-state index contributed by atoms with van der Waals surface area (Å²) in [5.74, 6) is 0. The van der Waals surface area contributed by atoms with Crippen LogP contribution in [0.25, 0.3) is 10.8 Å². The molecule has 4 heteroatoms. The van der Waals surface area contributed by atoms with Crippen LogP contribution < -0.4 is 0 Å². The van der Waals surface area contributed by atoms with Crippen LogP contribution in [0.15, 0.2) is 85.5 Å². The Bertz CT molecular complexity index is 993. The smallest absolute Gasteiger partial charge is 0.137 e. The van der Waals surface area contributed by atoms with Crippen molar-refractivity contribution in [1.82, 2.24) is 14.8 Å². The zero-order valence-electron chi connectivity index (χ0n) is 16.1. The number of ether oxygens (including phenoxy) is 1. The lowest BCUT2D eigenvalue weighted by molar-refractivity contribution is 0.0114. The molecule has 28 heavy (non-hydrogen) atoms. The van der Waals surface area contributed by atoms with Gasteiger partial charge in [0.05, 0.1) is 18.8 Å². The molecular weight excluding hydrogens is 346 g/mol. The van der Waals surface area contributed by atoms with Crippen LogP contribution in [0.4, 0.5) is 0 Å². The van der Waals surface area contributed by atoms with Gasteiger partial charge in [0.1, 0.15) is 12.7 Å². The Hall–Kier alpha value is -2.98. The number of aromatic nitrogens is 3. The first-order valence-electron chi connectivity index (χ1n) is 9.77. The Morgan fingerprint density at radius 2 is 1.71 bits per heavy atom. The van der Waals surface area contributed by atoms with Crippen molar-refractivity contribution in [1.29, 1.82) is 0 Å². The summed E-state index contributed by atoms with van der Waals surface area (Å²) >= 11 is 0. The minimum atomic E-state index is 0.0249. The Kier molecular flexibility index (Phi) is 5.78. The Morgan fingerprint density at radius 3 is 2.54 bits per heavy atom. The van der Waals surface area contributed by atoms with Gasteiger partial charge in [-0.2, -0.15) is 5.10 Å². The maximum Gasteiger partial charge on any atom is 0.137 e. The summed E-state index contributed by atoms with van der Waals surface area (Å²) in [7, 11) is 0.